The molecular formula is C27H22BrN3O6S. The summed E-state index contributed by atoms with van der Waals surface area (Å²) >= 11 is 3.37. The van der Waals surface area contributed by atoms with E-state index in [0.29, 0.717) is 22.6 Å². The predicted octanol–water partition coefficient (Wildman–Crippen LogP) is 4.33. The Labute approximate surface area is 227 Å². The molecule has 0 bridgehead atoms. The van der Waals surface area contributed by atoms with Crippen LogP contribution < -0.4 is 5.32 Å². The van der Waals surface area contributed by atoms with Crippen LogP contribution in [-0.4, -0.2) is 40.6 Å². The molecule has 0 aliphatic heterocycles. The molecule has 1 amide bonds. The van der Waals surface area contributed by atoms with E-state index in [9.17, 15) is 27.4 Å². The highest BCUT2D eigenvalue weighted by atomic mass is 79.9. The Bertz CT molecular complexity index is 1570. The minimum atomic E-state index is -4.67. The van der Waals surface area contributed by atoms with Crippen molar-refractivity contribution in [2.45, 2.75) is 18.1 Å². The quantitative estimate of drug-likeness (QED) is 0.182. The number of rotatable bonds is 10. The Balaban J connectivity index is 1.35. The summed E-state index contributed by atoms with van der Waals surface area (Å²) in [5.41, 5.74) is 2.97. The number of carbonyl (C=O) groups excluding carboxylic acids is 3. The van der Waals surface area contributed by atoms with Crippen molar-refractivity contribution >= 4 is 49.2 Å². The third-order valence-electron chi connectivity index (χ3n) is 5.66. The van der Waals surface area contributed by atoms with Gasteiger partial charge < -0.3 is 5.32 Å². The van der Waals surface area contributed by atoms with Crippen LogP contribution in [0.15, 0.2) is 89.4 Å². The lowest BCUT2D eigenvalue weighted by Gasteiger charge is -2.13. The number of halogens is 1. The van der Waals surface area contributed by atoms with Crippen molar-refractivity contribution in [3.63, 3.8) is 0 Å². The van der Waals surface area contributed by atoms with Crippen LogP contribution in [0.1, 0.15) is 22.1 Å². The van der Waals surface area contributed by atoms with Crippen LogP contribution in [0.25, 0.3) is 11.3 Å². The molecule has 1 aromatic heterocycles. The molecule has 4 aromatic rings. The average molecular weight is 596 g/mol. The second-order valence-corrected chi connectivity index (χ2v) is 10.9. The summed E-state index contributed by atoms with van der Waals surface area (Å²) in [7, 11) is -4.67. The van der Waals surface area contributed by atoms with E-state index in [-0.39, 0.29) is 18.4 Å². The summed E-state index contributed by atoms with van der Waals surface area (Å²) in [5, 5.41) is 7.77. The Morgan fingerprint density at radius 2 is 1.58 bits per heavy atom. The largest absolute Gasteiger partial charge is 0.319 e. The van der Waals surface area contributed by atoms with Crippen molar-refractivity contribution in [3.8, 4) is 11.3 Å². The van der Waals surface area contributed by atoms with Gasteiger partial charge in [0.1, 0.15) is 0 Å². The van der Waals surface area contributed by atoms with E-state index in [2.05, 4.69) is 31.4 Å². The maximum absolute atomic E-state index is 12.7. The van der Waals surface area contributed by atoms with Gasteiger partial charge in [-0.15, -0.1) is 0 Å². The first-order valence-electron chi connectivity index (χ1n) is 11.4. The lowest BCUT2D eigenvalue weighted by atomic mass is 10.0. The summed E-state index contributed by atoms with van der Waals surface area (Å²) < 4.78 is 34.3. The molecule has 0 saturated heterocycles. The van der Waals surface area contributed by atoms with Gasteiger partial charge in [-0.1, -0.05) is 70.5 Å². The summed E-state index contributed by atoms with van der Waals surface area (Å²) in [4.78, 5) is 37.6. The Kier molecular flexibility index (Phi) is 8.30. The van der Waals surface area contributed by atoms with Crippen LogP contribution in [0.3, 0.4) is 0 Å². The molecule has 38 heavy (non-hydrogen) atoms. The molecule has 0 spiro atoms. The molecule has 3 aromatic carbocycles. The fourth-order valence-electron chi connectivity index (χ4n) is 3.83. The Morgan fingerprint density at radius 3 is 2.21 bits per heavy atom. The Morgan fingerprint density at radius 1 is 0.921 bits per heavy atom. The minimum Gasteiger partial charge on any atom is -0.319 e. The van der Waals surface area contributed by atoms with Gasteiger partial charge in [-0.05, 0) is 41.5 Å². The number of aromatic amines is 1. The minimum absolute atomic E-state index is 0.168. The van der Waals surface area contributed by atoms with E-state index < -0.39 is 32.8 Å². The summed E-state index contributed by atoms with van der Waals surface area (Å²) in [6, 6.07) is 23.0. The second kappa shape index (κ2) is 11.6. The van der Waals surface area contributed by atoms with Gasteiger partial charge in [-0.25, -0.2) is 0 Å². The first kappa shape index (κ1) is 27.1. The summed E-state index contributed by atoms with van der Waals surface area (Å²) in [5.74, 6) is -2.19. The van der Waals surface area contributed by atoms with Crippen LogP contribution in [0.2, 0.25) is 0 Å². The standard InChI is InChI=1S/C27H22BrN3O6S/c28-20-10-8-18(9-11-20)23-15-22(30-31-23)16-25(33)27(34)29-21-12-6-17(7-13-21)14-24(32)26(38(35,36)37)19-4-2-1-3-5-19/h1-13,15,26H,14,16H2,(H,29,34)(H,30,31)(H,35,36,37). The number of carbonyl (C=O) groups is 3. The van der Waals surface area contributed by atoms with Gasteiger partial charge in [0.15, 0.2) is 11.0 Å². The fraction of sp³-hybridized carbons (Fsp3) is 0.111. The number of hydrogen-bond acceptors (Lipinski definition) is 6. The van der Waals surface area contributed by atoms with Crippen molar-refractivity contribution in [2.24, 2.45) is 0 Å². The van der Waals surface area contributed by atoms with Crippen molar-refractivity contribution in [1.82, 2.24) is 10.2 Å². The topological polar surface area (TPSA) is 146 Å². The van der Waals surface area contributed by atoms with E-state index in [0.717, 1.165) is 10.0 Å². The lowest BCUT2D eigenvalue weighted by Crippen LogP contribution is -2.24. The zero-order chi connectivity index (χ0) is 27.3. The Hall–Kier alpha value is -3.93. The molecule has 0 aliphatic carbocycles. The number of H-pyrrole nitrogens is 1. The first-order valence-corrected chi connectivity index (χ1v) is 13.7. The highest BCUT2D eigenvalue weighted by Crippen LogP contribution is 2.25. The van der Waals surface area contributed by atoms with E-state index in [1.165, 1.54) is 36.4 Å². The monoisotopic (exact) mass is 595 g/mol. The van der Waals surface area contributed by atoms with Gasteiger partial charge in [-0.3, -0.25) is 24.0 Å². The molecular weight excluding hydrogens is 574 g/mol. The molecule has 0 radical (unpaired) electrons. The molecule has 4 rings (SSSR count). The number of nitrogens with zero attached hydrogens (tertiary/aromatic N) is 1. The third kappa shape index (κ3) is 6.88. The van der Waals surface area contributed by atoms with Gasteiger partial charge in [0.2, 0.25) is 5.78 Å². The molecule has 1 heterocycles. The average Bonchev–Trinajstić information content (AvgIpc) is 3.34. The molecule has 194 valence electrons. The van der Waals surface area contributed by atoms with Crippen LogP contribution >= 0.6 is 15.9 Å². The number of aromatic nitrogens is 2. The molecule has 1 atom stereocenters. The van der Waals surface area contributed by atoms with E-state index in [1.54, 1.807) is 24.3 Å². The van der Waals surface area contributed by atoms with Crippen LogP contribution in [-0.2, 0) is 37.3 Å². The van der Waals surface area contributed by atoms with Crippen molar-refractivity contribution in [2.75, 3.05) is 5.32 Å². The van der Waals surface area contributed by atoms with Gasteiger partial charge in [0, 0.05) is 27.8 Å². The van der Waals surface area contributed by atoms with Crippen molar-refractivity contribution < 1.29 is 27.4 Å². The van der Waals surface area contributed by atoms with Crippen LogP contribution in [0, 0.1) is 0 Å². The maximum atomic E-state index is 12.7. The second-order valence-electron chi connectivity index (χ2n) is 8.49. The summed E-state index contributed by atoms with van der Waals surface area (Å²) in [6.45, 7) is 0. The summed E-state index contributed by atoms with van der Waals surface area (Å²) in [6.07, 6.45) is -0.425. The fourth-order valence-corrected chi connectivity index (χ4v) is 5.01. The zero-order valence-corrected chi connectivity index (χ0v) is 22.2. The number of amides is 1. The normalized spacial score (nSPS) is 12.1. The number of nitrogens with one attached hydrogen (secondary N) is 2. The van der Waals surface area contributed by atoms with Crippen LogP contribution in [0.5, 0.6) is 0 Å². The lowest BCUT2D eigenvalue weighted by molar-refractivity contribution is -0.134. The highest BCUT2D eigenvalue weighted by molar-refractivity contribution is 9.10. The van der Waals surface area contributed by atoms with E-state index in [4.69, 9.17) is 0 Å². The predicted molar refractivity (Wildman–Crippen MR) is 145 cm³/mol. The van der Waals surface area contributed by atoms with E-state index >= 15 is 0 Å². The van der Waals surface area contributed by atoms with Gasteiger partial charge in [-0.2, -0.15) is 13.5 Å². The van der Waals surface area contributed by atoms with Gasteiger partial charge >= 0.3 is 0 Å². The molecule has 11 heteroatoms. The number of ketones is 2. The molecule has 9 nitrogen and oxygen atoms in total. The van der Waals surface area contributed by atoms with Gasteiger partial charge in [0.05, 0.1) is 12.1 Å². The van der Waals surface area contributed by atoms with E-state index in [1.807, 2.05) is 24.3 Å². The number of benzene rings is 3. The highest BCUT2D eigenvalue weighted by Gasteiger charge is 2.32. The molecule has 0 aliphatic rings. The smallest absolute Gasteiger partial charge is 0.292 e. The van der Waals surface area contributed by atoms with Crippen molar-refractivity contribution in [3.05, 3.63) is 106 Å². The SMILES string of the molecule is O=C(Cc1cc(-c2ccc(Br)cc2)n[nH]1)C(=O)Nc1ccc(CC(=O)C(c2ccccc2)S(=O)(=O)O)cc1. The number of hydrogen-bond donors (Lipinski definition) is 3. The zero-order valence-electron chi connectivity index (χ0n) is 19.8. The number of Topliss-reactive ketones (excluding diaryl/α,β-unsaturated/α-hetero) is 2. The maximum Gasteiger partial charge on any atom is 0.292 e. The molecule has 3 N–H and O–H groups in total. The van der Waals surface area contributed by atoms with Crippen LogP contribution in [0.4, 0.5) is 5.69 Å². The first-order chi connectivity index (χ1) is 18.1. The van der Waals surface area contributed by atoms with Gasteiger partial charge in [0.25, 0.3) is 16.0 Å². The molecule has 0 saturated carbocycles. The third-order valence-corrected chi connectivity index (χ3v) is 7.32. The number of anilines is 1. The molecule has 1 unspecified atom stereocenters. The molecule has 0 fully saturated rings. The van der Waals surface area contributed by atoms with Crippen molar-refractivity contribution in [1.29, 1.82) is 0 Å².